The molecule has 0 saturated carbocycles. The van der Waals surface area contributed by atoms with Gasteiger partial charge in [-0.15, -0.1) is 0 Å². The van der Waals surface area contributed by atoms with Gasteiger partial charge >= 0.3 is 0 Å². The van der Waals surface area contributed by atoms with Crippen LogP contribution in [0, 0.1) is 0 Å². The minimum Gasteiger partial charge on any atom is -0.497 e. The van der Waals surface area contributed by atoms with E-state index < -0.39 is 0 Å². The molecule has 1 atom stereocenters. The van der Waals surface area contributed by atoms with Crippen molar-refractivity contribution in [2.24, 2.45) is 0 Å². The Morgan fingerprint density at radius 3 is 2.44 bits per heavy atom. The van der Waals surface area contributed by atoms with Crippen LogP contribution in [0.2, 0.25) is 0 Å². The van der Waals surface area contributed by atoms with Crippen LogP contribution in [0.5, 0.6) is 11.5 Å². The van der Waals surface area contributed by atoms with Gasteiger partial charge in [0.15, 0.2) is 0 Å². The minimum absolute atomic E-state index is 0.0912. The van der Waals surface area contributed by atoms with Crippen molar-refractivity contribution in [1.29, 1.82) is 0 Å². The molecule has 0 saturated heterocycles. The van der Waals surface area contributed by atoms with Gasteiger partial charge in [0, 0.05) is 25.2 Å². The maximum absolute atomic E-state index is 10.7. The first kappa shape index (κ1) is 14.5. The fraction of sp³-hybridized carbons (Fsp3) is 0.500. The van der Waals surface area contributed by atoms with Gasteiger partial charge in [-0.2, -0.15) is 0 Å². The molecule has 1 rings (SSSR count). The number of carbonyl (C=O) groups excluding carboxylic acids is 1. The van der Waals surface area contributed by atoms with E-state index in [2.05, 4.69) is 0 Å². The normalized spacial score (nSPS) is 12.0. The van der Waals surface area contributed by atoms with Crippen LogP contribution in [0.4, 0.5) is 0 Å². The summed E-state index contributed by atoms with van der Waals surface area (Å²) >= 11 is 0. The fourth-order valence-corrected chi connectivity index (χ4v) is 2.04. The second kappa shape index (κ2) is 7.01. The molecule has 0 heterocycles. The van der Waals surface area contributed by atoms with Gasteiger partial charge in [-0.25, -0.2) is 0 Å². The maximum Gasteiger partial charge on any atom is 0.126 e. The molecule has 100 valence electrons. The van der Waals surface area contributed by atoms with Crippen molar-refractivity contribution in [2.75, 3.05) is 21.3 Å². The number of benzene rings is 1. The van der Waals surface area contributed by atoms with Crippen LogP contribution in [-0.2, 0) is 16.1 Å². The van der Waals surface area contributed by atoms with Crippen molar-refractivity contribution in [3.05, 3.63) is 23.3 Å². The van der Waals surface area contributed by atoms with Crippen LogP contribution in [0.15, 0.2) is 12.1 Å². The molecule has 0 aromatic heterocycles. The lowest BCUT2D eigenvalue weighted by Crippen LogP contribution is -2.05. The van der Waals surface area contributed by atoms with E-state index in [4.69, 9.17) is 14.2 Å². The Morgan fingerprint density at radius 1 is 1.22 bits per heavy atom. The van der Waals surface area contributed by atoms with Gasteiger partial charge in [0.1, 0.15) is 17.8 Å². The molecule has 0 N–H and O–H groups in total. The van der Waals surface area contributed by atoms with Crippen LogP contribution in [-0.4, -0.2) is 27.6 Å². The summed E-state index contributed by atoms with van der Waals surface area (Å²) in [5.74, 6) is 1.55. The molecule has 1 unspecified atom stereocenters. The average Bonchev–Trinajstić information content (AvgIpc) is 2.38. The Labute approximate surface area is 108 Å². The molecule has 4 nitrogen and oxygen atoms in total. The minimum atomic E-state index is 0.0912. The Morgan fingerprint density at radius 2 is 1.94 bits per heavy atom. The molecule has 0 amide bonds. The zero-order valence-electron chi connectivity index (χ0n) is 11.4. The third-order valence-corrected chi connectivity index (χ3v) is 2.90. The summed E-state index contributed by atoms with van der Waals surface area (Å²) in [4.78, 5) is 10.7. The van der Waals surface area contributed by atoms with Gasteiger partial charge < -0.3 is 19.0 Å². The number of aldehydes is 1. The van der Waals surface area contributed by atoms with E-state index in [0.29, 0.717) is 13.0 Å². The standard InChI is InChI=1S/C14H20O4/c1-10(5-6-15)14-11(9-16-2)7-12(17-3)8-13(14)18-4/h6-8,10H,5,9H2,1-4H3. The lowest BCUT2D eigenvalue weighted by Gasteiger charge is -2.19. The highest BCUT2D eigenvalue weighted by atomic mass is 16.5. The van der Waals surface area contributed by atoms with Crippen molar-refractivity contribution in [3.8, 4) is 11.5 Å². The summed E-state index contributed by atoms with van der Waals surface area (Å²) in [6.45, 7) is 2.46. The number of rotatable bonds is 7. The first-order valence-corrected chi connectivity index (χ1v) is 5.85. The van der Waals surface area contributed by atoms with Gasteiger partial charge in [0.2, 0.25) is 0 Å². The quantitative estimate of drug-likeness (QED) is 0.699. The Balaban J connectivity index is 3.28. The molecular formula is C14H20O4. The van der Waals surface area contributed by atoms with Crippen molar-refractivity contribution in [3.63, 3.8) is 0 Å². The summed E-state index contributed by atoms with van der Waals surface area (Å²) in [7, 11) is 4.86. The Hall–Kier alpha value is -1.55. The first-order chi connectivity index (χ1) is 8.67. The van der Waals surface area contributed by atoms with Gasteiger partial charge in [-0.3, -0.25) is 0 Å². The number of hydrogen-bond acceptors (Lipinski definition) is 4. The highest BCUT2D eigenvalue weighted by Gasteiger charge is 2.17. The van der Waals surface area contributed by atoms with Gasteiger partial charge in [0.25, 0.3) is 0 Å². The van der Waals surface area contributed by atoms with Gasteiger partial charge in [-0.1, -0.05) is 6.92 Å². The molecule has 0 aliphatic carbocycles. The van der Waals surface area contributed by atoms with E-state index in [0.717, 1.165) is 28.9 Å². The zero-order chi connectivity index (χ0) is 13.5. The topological polar surface area (TPSA) is 44.8 Å². The number of methoxy groups -OCH3 is 3. The first-order valence-electron chi connectivity index (χ1n) is 5.85. The third kappa shape index (κ3) is 3.23. The number of ether oxygens (including phenoxy) is 3. The second-order valence-electron chi connectivity index (χ2n) is 4.14. The van der Waals surface area contributed by atoms with E-state index in [9.17, 15) is 4.79 Å². The van der Waals surface area contributed by atoms with E-state index in [-0.39, 0.29) is 5.92 Å². The van der Waals surface area contributed by atoms with Crippen molar-refractivity contribution in [1.82, 2.24) is 0 Å². The Bertz CT molecular complexity index is 401. The molecule has 1 aromatic carbocycles. The molecule has 0 aliphatic rings. The smallest absolute Gasteiger partial charge is 0.126 e. The molecule has 18 heavy (non-hydrogen) atoms. The number of hydrogen-bond donors (Lipinski definition) is 0. The summed E-state index contributed by atoms with van der Waals surface area (Å²) in [5, 5.41) is 0. The Kier molecular flexibility index (Phi) is 5.65. The predicted octanol–water partition coefficient (Wildman–Crippen LogP) is 2.54. The lowest BCUT2D eigenvalue weighted by atomic mass is 9.92. The third-order valence-electron chi connectivity index (χ3n) is 2.90. The largest absolute Gasteiger partial charge is 0.497 e. The van der Waals surface area contributed by atoms with Crippen LogP contribution >= 0.6 is 0 Å². The van der Waals surface area contributed by atoms with E-state index in [1.165, 1.54) is 0 Å². The average molecular weight is 252 g/mol. The highest BCUT2D eigenvalue weighted by Crippen LogP contribution is 2.35. The second-order valence-corrected chi connectivity index (χ2v) is 4.14. The van der Waals surface area contributed by atoms with Crippen LogP contribution < -0.4 is 9.47 Å². The van der Waals surface area contributed by atoms with Crippen LogP contribution in [0.1, 0.15) is 30.4 Å². The molecule has 0 bridgehead atoms. The van der Waals surface area contributed by atoms with Crippen LogP contribution in [0.25, 0.3) is 0 Å². The molecule has 0 radical (unpaired) electrons. The summed E-state index contributed by atoms with van der Waals surface area (Å²) in [6, 6.07) is 3.75. The van der Waals surface area contributed by atoms with Crippen molar-refractivity contribution in [2.45, 2.75) is 25.9 Å². The summed E-state index contributed by atoms with van der Waals surface area (Å²) < 4.78 is 15.8. The van der Waals surface area contributed by atoms with Crippen molar-refractivity contribution < 1.29 is 19.0 Å². The lowest BCUT2D eigenvalue weighted by molar-refractivity contribution is -0.108. The predicted molar refractivity (Wildman–Crippen MR) is 69.4 cm³/mol. The zero-order valence-corrected chi connectivity index (χ0v) is 11.4. The molecule has 1 aromatic rings. The summed E-state index contributed by atoms with van der Waals surface area (Å²) in [6.07, 6.45) is 1.38. The molecule has 0 aliphatic heterocycles. The SMILES string of the molecule is COCc1cc(OC)cc(OC)c1C(C)CC=O. The van der Waals surface area contributed by atoms with E-state index in [1.54, 1.807) is 21.3 Å². The maximum atomic E-state index is 10.7. The highest BCUT2D eigenvalue weighted by molar-refractivity contribution is 5.55. The molecule has 4 heteroatoms. The summed E-state index contributed by atoms with van der Waals surface area (Å²) in [5.41, 5.74) is 2.00. The van der Waals surface area contributed by atoms with E-state index >= 15 is 0 Å². The molecule has 0 spiro atoms. The van der Waals surface area contributed by atoms with Gasteiger partial charge in [0.05, 0.1) is 20.8 Å². The molecular weight excluding hydrogens is 232 g/mol. The fourth-order valence-electron chi connectivity index (χ4n) is 2.04. The van der Waals surface area contributed by atoms with Crippen molar-refractivity contribution >= 4 is 6.29 Å². The van der Waals surface area contributed by atoms with Crippen LogP contribution in [0.3, 0.4) is 0 Å². The number of carbonyl (C=O) groups is 1. The molecule has 0 fully saturated rings. The van der Waals surface area contributed by atoms with Gasteiger partial charge in [-0.05, 0) is 17.5 Å². The van der Waals surface area contributed by atoms with E-state index in [1.807, 2.05) is 19.1 Å². The monoisotopic (exact) mass is 252 g/mol.